The van der Waals surface area contributed by atoms with E-state index in [1.165, 1.54) is 12.3 Å². The molecule has 2 aromatic heterocycles. The van der Waals surface area contributed by atoms with Crippen LogP contribution in [0.3, 0.4) is 0 Å². The first-order valence-corrected chi connectivity index (χ1v) is 7.57. The van der Waals surface area contributed by atoms with E-state index in [1.54, 1.807) is 17.4 Å². The zero-order valence-corrected chi connectivity index (χ0v) is 12.4. The van der Waals surface area contributed by atoms with E-state index < -0.39 is 4.92 Å². The van der Waals surface area contributed by atoms with Crippen molar-refractivity contribution in [1.29, 1.82) is 0 Å². The number of aromatic nitrogens is 1. The van der Waals surface area contributed by atoms with Crippen LogP contribution < -0.4 is 5.32 Å². The van der Waals surface area contributed by atoms with Gasteiger partial charge in [0.15, 0.2) is 0 Å². The molecular weight excluding hydrogens is 298 g/mol. The highest BCUT2D eigenvalue weighted by molar-refractivity contribution is 7.10. The Hall–Kier alpha value is -2.73. The number of anilines is 1. The van der Waals surface area contributed by atoms with Gasteiger partial charge in [-0.1, -0.05) is 36.4 Å². The quantitative estimate of drug-likeness (QED) is 0.565. The molecule has 0 fully saturated rings. The maximum atomic E-state index is 10.7. The fraction of sp³-hybridized carbons (Fsp3) is 0.0625. The summed E-state index contributed by atoms with van der Waals surface area (Å²) in [6.45, 7) is 0. The minimum Gasteiger partial charge on any atom is -0.358 e. The zero-order valence-electron chi connectivity index (χ0n) is 11.5. The Morgan fingerprint density at radius 1 is 1.09 bits per heavy atom. The van der Waals surface area contributed by atoms with Gasteiger partial charge >= 0.3 is 0 Å². The van der Waals surface area contributed by atoms with Gasteiger partial charge < -0.3 is 5.32 Å². The van der Waals surface area contributed by atoms with Gasteiger partial charge in [-0.25, -0.2) is 4.98 Å². The van der Waals surface area contributed by atoms with Crippen molar-refractivity contribution >= 4 is 22.8 Å². The number of thiophene rings is 1. The van der Waals surface area contributed by atoms with Gasteiger partial charge in [0.1, 0.15) is 12.0 Å². The molecule has 0 amide bonds. The van der Waals surface area contributed by atoms with Crippen LogP contribution in [0.25, 0.3) is 0 Å². The molecule has 0 aliphatic heterocycles. The first kappa shape index (κ1) is 14.2. The van der Waals surface area contributed by atoms with Crippen molar-refractivity contribution in [2.24, 2.45) is 0 Å². The van der Waals surface area contributed by atoms with Crippen molar-refractivity contribution < 1.29 is 4.92 Å². The monoisotopic (exact) mass is 311 g/mol. The van der Waals surface area contributed by atoms with Gasteiger partial charge in [0.2, 0.25) is 0 Å². The van der Waals surface area contributed by atoms with Crippen LogP contribution in [0, 0.1) is 10.1 Å². The van der Waals surface area contributed by atoms with E-state index in [1.807, 2.05) is 41.8 Å². The summed E-state index contributed by atoms with van der Waals surface area (Å²) in [5.41, 5.74) is 1.10. The van der Waals surface area contributed by atoms with Crippen molar-refractivity contribution in [2.75, 3.05) is 5.32 Å². The SMILES string of the molecule is O=[N+]([O-])c1ccc(N[C@H](c2ccccc2)c2cccs2)nc1. The average Bonchev–Trinajstić information content (AvgIpc) is 3.08. The summed E-state index contributed by atoms with van der Waals surface area (Å²) in [6, 6.07) is 17.1. The number of nitro groups is 1. The summed E-state index contributed by atoms with van der Waals surface area (Å²) in [7, 11) is 0. The third-order valence-electron chi connectivity index (χ3n) is 3.21. The lowest BCUT2D eigenvalue weighted by molar-refractivity contribution is -0.385. The number of rotatable bonds is 5. The highest BCUT2D eigenvalue weighted by Crippen LogP contribution is 2.29. The third-order valence-corrected chi connectivity index (χ3v) is 4.15. The summed E-state index contributed by atoms with van der Waals surface area (Å²) >= 11 is 1.65. The van der Waals surface area contributed by atoms with Crippen LogP contribution in [0.2, 0.25) is 0 Å². The zero-order chi connectivity index (χ0) is 15.4. The van der Waals surface area contributed by atoms with E-state index in [9.17, 15) is 10.1 Å². The Morgan fingerprint density at radius 2 is 1.91 bits per heavy atom. The number of hydrogen-bond acceptors (Lipinski definition) is 5. The van der Waals surface area contributed by atoms with Crippen molar-refractivity contribution in [1.82, 2.24) is 4.98 Å². The summed E-state index contributed by atoms with van der Waals surface area (Å²) in [5.74, 6) is 0.604. The molecule has 1 aromatic carbocycles. The molecule has 110 valence electrons. The summed E-state index contributed by atoms with van der Waals surface area (Å²) in [4.78, 5) is 15.5. The standard InChI is InChI=1S/C16H13N3O2S/c20-19(21)13-8-9-15(17-11-13)18-16(14-7-4-10-22-14)12-5-2-1-3-6-12/h1-11,16H,(H,17,18)/t16-/m1/s1. The molecular formula is C16H13N3O2S. The van der Waals surface area contributed by atoms with Gasteiger partial charge in [0, 0.05) is 10.9 Å². The predicted octanol–water partition coefficient (Wildman–Crippen LogP) is 4.25. The topological polar surface area (TPSA) is 68.1 Å². The Kier molecular flexibility index (Phi) is 4.11. The van der Waals surface area contributed by atoms with Crippen LogP contribution in [-0.4, -0.2) is 9.91 Å². The molecule has 6 heteroatoms. The van der Waals surface area contributed by atoms with Crippen molar-refractivity contribution in [3.63, 3.8) is 0 Å². The Balaban J connectivity index is 1.89. The van der Waals surface area contributed by atoms with Crippen LogP contribution in [0.5, 0.6) is 0 Å². The number of benzene rings is 1. The van der Waals surface area contributed by atoms with Gasteiger partial charge in [-0.3, -0.25) is 10.1 Å². The second kappa shape index (κ2) is 6.36. The Bertz CT molecular complexity index is 743. The van der Waals surface area contributed by atoms with Crippen LogP contribution in [0.15, 0.2) is 66.2 Å². The Labute approximate surface area is 131 Å². The lowest BCUT2D eigenvalue weighted by Crippen LogP contribution is -2.11. The van der Waals surface area contributed by atoms with E-state index >= 15 is 0 Å². The lowest BCUT2D eigenvalue weighted by atomic mass is 10.1. The molecule has 3 rings (SSSR count). The first-order valence-electron chi connectivity index (χ1n) is 6.69. The number of hydrogen-bond donors (Lipinski definition) is 1. The normalized spacial score (nSPS) is 11.8. The summed E-state index contributed by atoms with van der Waals surface area (Å²) in [6.07, 6.45) is 1.26. The molecule has 0 saturated carbocycles. The second-order valence-corrected chi connectivity index (χ2v) is 5.64. The number of nitrogens with one attached hydrogen (secondary N) is 1. The maximum absolute atomic E-state index is 10.7. The molecule has 1 atom stereocenters. The minimum atomic E-state index is -0.454. The molecule has 2 heterocycles. The molecule has 0 saturated heterocycles. The van der Waals surface area contributed by atoms with Crippen LogP contribution in [0.4, 0.5) is 11.5 Å². The van der Waals surface area contributed by atoms with Crippen LogP contribution in [-0.2, 0) is 0 Å². The van der Waals surface area contributed by atoms with Gasteiger partial charge in [-0.15, -0.1) is 11.3 Å². The number of nitrogens with zero attached hydrogens (tertiary/aromatic N) is 2. The van der Waals surface area contributed by atoms with E-state index in [-0.39, 0.29) is 11.7 Å². The molecule has 0 bridgehead atoms. The van der Waals surface area contributed by atoms with Crippen molar-refractivity contribution in [2.45, 2.75) is 6.04 Å². The molecule has 0 radical (unpaired) electrons. The minimum absolute atomic E-state index is 0.0158. The molecule has 22 heavy (non-hydrogen) atoms. The van der Waals surface area contributed by atoms with E-state index in [0.717, 1.165) is 10.4 Å². The van der Waals surface area contributed by atoms with Gasteiger partial charge in [0.05, 0.1) is 11.0 Å². The van der Waals surface area contributed by atoms with E-state index in [2.05, 4.69) is 16.4 Å². The number of pyridine rings is 1. The summed E-state index contributed by atoms with van der Waals surface area (Å²) in [5, 5.41) is 16.1. The van der Waals surface area contributed by atoms with Crippen LogP contribution in [0.1, 0.15) is 16.5 Å². The van der Waals surface area contributed by atoms with Crippen LogP contribution >= 0.6 is 11.3 Å². The first-order chi connectivity index (χ1) is 10.7. The average molecular weight is 311 g/mol. The Morgan fingerprint density at radius 3 is 2.50 bits per heavy atom. The molecule has 5 nitrogen and oxygen atoms in total. The molecule has 0 unspecified atom stereocenters. The van der Waals surface area contributed by atoms with E-state index in [0.29, 0.717) is 5.82 Å². The molecule has 3 aromatic rings. The predicted molar refractivity (Wildman–Crippen MR) is 87.1 cm³/mol. The highest BCUT2D eigenvalue weighted by atomic mass is 32.1. The van der Waals surface area contributed by atoms with Crippen molar-refractivity contribution in [3.8, 4) is 0 Å². The summed E-state index contributed by atoms with van der Waals surface area (Å²) < 4.78 is 0. The third kappa shape index (κ3) is 3.12. The smallest absolute Gasteiger partial charge is 0.287 e. The molecule has 0 aliphatic carbocycles. The van der Waals surface area contributed by atoms with E-state index in [4.69, 9.17) is 0 Å². The maximum Gasteiger partial charge on any atom is 0.287 e. The fourth-order valence-electron chi connectivity index (χ4n) is 2.15. The molecule has 1 N–H and O–H groups in total. The molecule has 0 aliphatic rings. The highest BCUT2D eigenvalue weighted by Gasteiger charge is 2.16. The lowest BCUT2D eigenvalue weighted by Gasteiger charge is -2.18. The fourth-order valence-corrected chi connectivity index (χ4v) is 2.95. The second-order valence-electron chi connectivity index (χ2n) is 4.66. The largest absolute Gasteiger partial charge is 0.358 e. The van der Waals surface area contributed by atoms with Gasteiger partial charge in [0.25, 0.3) is 5.69 Å². The van der Waals surface area contributed by atoms with Gasteiger partial charge in [-0.05, 0) is 23.1 Å². The van der Waals surface area contributed by atoms with Crippen molar-refractivity contribution in [3.05, 3.63) is 86.7 Å². The molecule has 0 spiro atoms. The van der Waals surface area contributed by atoms with Gasteiger partial charge in [-0.2, -0.15) is 0 Å².